The normalized spacial score (nSPS) is 11.8. The second-order valence-corrected chi connectivity index (χ2v) is 7.87. The van der Waals surface area contributed by atoms with Crippen LogP contribution < -0.4 is 5.32 Å². The summed E-state index contributed by atoms with van der Waals surface area (Å²) in [5, 5.41) is 7.64. The predicted octanol–water partition coefficient (Wildman–Crippen LogP) is 6.27. The van der Waals surface area contributed by atoms with Crippen LogP contribution in [0.4, 0.5) is 23.2 Å². The van der Waals surface area contributed by atoms with E-state index in [4.69, 9.17) is 0 Å². The van der Waals surface area contributed by atoms with Gasteiger partial charge in [0, 0.05) is 54.2 Å². The second kappa shape index (κ2) is 8.33. The minimum Gasteiger partial charge on any atom is -0.381 e. The Morgan fingerprint density at radius 3 is 2.62 bits per heavy atom. The van der Waals surface area contributed by atoms with Gasteiger partial charge in [-0.1, -0.05) is 18.2 Å². The summed E-state index contributed by atoms with van der Waals surface area (Å²) in [7, 11) is 0. The Bertz CT molecular complexity index is 1470. The monoisotopic (exact) mass is 465 g/mol. The molecule has 2 aromatic carbocycles. The van der Waals surface area contributed by atoms with Crippen molar-refractivity contribution in [3.8, 4) is 16.9 Å². The molecule has 0 bridgehead atoms. The highest BCUT2D eigenvalue weighted by atomic mass is 19.4. The molecule has 0 aliphatic rings. The summed E-state index contributed by atoms with van der Waals surface area (Å²) in [6.07, 6.45) is 2.43. The standard InChI is InChI=1S/C25H19F4N5/c1-16-7-8-19(31-15-18-4-2-6-20(24(18)26)25(27,28)29)12-22(16)33-10-11-34-23(33)13-21(32-34)17-5-3-9-30-14-17/h2-14,31H,15H2,1H3. The van der Waals surface area contributed by atoms with Gasteiger partial charge in [-0.2, -0.15) is 18.3 Å². The molecule has 0 amide bonds. The maximum atomic E-state index is 14.4. The van der Waals surface area contributed by atoms with Crippen molar-refractivity contribution in [1.82, 2.24) is 19.2 Å². The van der Waals surface area contributed by atoms with Crippen molar-refractivity contribution in [2.75, 3.05) is 5.32 Å². The number of hydrogen-bond acceptors (Lipinski definition) is 3. The van der Waals surface area contributed by atoms with Crippen LogP contribution in [0.2, 0.25) is 0 Å². The molecule has 0 aliphatic heterocycles. The van der Waals surface area contributed by atoms with Crippen LogP contribution in [0.1, 0.15) is 16.7 Å². The van der Waals surface area contributed by atoms with E-state index in [0.29, 0.717) is 5.69 Å². The van der Waals surface area contributed by atoms with E-state index in [1.165, 1.54) is 12.1 Å². The number of alkyl halides is 3. The Morgan fingerprint density at radius 1 is 1.00 bits per heavy atom. The topological polar surface area (TPSA) is 47.2 Å². The number of nitrogens with zero attached hydrogens (tertiary/aromatic N) is 4. The minimum absolute atomic E-state index is 0.0581. The third-order valence-corrected chi connectivity index (χ3v) is 5.61. The summed E-state index contributed by atoms with van der Waals surface area (Å²) in [4.78, 5) is 4.14. The van der Waals surface area contributed by atoms with Crippen molar-refractivity contribution in [2.24, 2.45) is 0 Å². The lowest BCUT2D eigenvalue weighted by atomic mass is 10.1. The molecule has 0 saturated carbocycles. The van der Waals surface area contributed by atoms with E-state index in [-0.39, 0.29) is 12.1 Å². The van der Waals surface area contributed by atoms with Crippen LogP contribution in [0.25, 0.3) is 22.6 Å². The Labute approximate surface area is 192 Å². The van der Waals surface area contributed by atoms with E-state index < -0.39 is 17.6 Å². The lowest BCUT2D eigenvalue weighted by molar-refractivity contribution is -0.140. The van der Waals surface area contributed by atoms with Crippen molar-refractivity contribution < 1.29 is 17.6 Å². The molecule has 0 fully saturated rings. The summed E-state index contributed by atoms with van der Waals surface area (Å²) in [5.41, 5.74) is 3.69. The number of rotatable bonds is 5. The van der Waals surface area contributed by atoms with Crippen molar-refractivity contribution in [2.45, 2.75) is 19.6 Å². The molecule has 5 nitrogen and oxygen atoms in total. The van der Waals surface area contributed by atoms with Crippen LogP contribution in [-0.2, 0) is 12.7 Å². The molecule has 5 aromatic rings. The molecular weight excluding hydrogens is 446 g/mol. The third kappa shape index (κ3) is 4.00. The van der Waals surface area contributed by atoms with Gasteiger partial charge in [0.15, 0.2) is 0 Å². The number of anilines is 1. The highest BCUT2D eigenvalue weighted by molar-refractivity contribution is 5.66. The molecule has 0 aliphatic carbocycles. The zero-order valence-electron chi connectivity index (χ0n) is 18.0. The van der Waals surface area contributed by atoms with Crippen LogP contribution in [-0.4, -0.2) is 19.2 Å². The molecule has 9 heteroatoms. The lowest BCUT2D eigenvalue weighted by Gasteiger charge is -2.14. The number of aryl methyl sites for hydroxylation is 1. The van der Waals surface area contributed by atoms with Crippen LogP contribution in [0.3, 0.4) is 0 Å². The highest BCUT2D eigenvalue weighted by Crippen LogP contribution is 2.33. The van der Waals surface area contributed by atoms with E-state index in [1.807, 2.05) is 60.3 Å². The summed E-state index contributed by atoms with van der Waals surface area (Å²) in [6.45, 7) is 1.87. The zero-order chi connectivity index (χ0) is 23.9. The molecule has 0 unspecified atom stereocenters. The first-order chi connectivity index (χ1) is 16.3. The number of halogens is 4. The van der Waals surface area contributed by atoms with E-state index in [1.54, 1.807) is 16.9 Å². The van der Waals surface area contributed by atoms with Gasteiger partial charge >= 0.3 is 6.18 Å². The molecule has 172 valence electrons. The first-order valence-corrected chi connectivity index (χ1v) is 10.5. The highest BCUT2D eigenvalue weighted by Gasteiger charge is 2.34. The SMILES string of the molecule is Cc1ccc(NCc2cccc(C(F)(F)F)c2F)cc1-n1ccn2nc(-c3cccnc3)cc12. The van der Waals surface area contributed by atoms with Crippen molar-refractivity contribution >= 4 is 11.3 Å². The molecule has 0 atom stereocenters. The van der Waals surface area contributed by atoms with Crippen LogP contribution in [0.15, 0.2) is 79.4 Å². The van der Waals surface area contributed by atoms with Crippen molar-refractivity contribution in [1.29, 1.82) is 0 Å². The number of aromatic nitrogens is 4. The van der Waals surface area contributed by atoms with E-state index in [9.17, 15) is 17.6 Å². The maximum Gasteiger partial charge on any atom is 0.419 e. The fraction of sp³-hybridized carbons (Fsp3) is 0.120. The van der Waals surface area contributed by atoms with Gasteiger partial charge in [-0.3, -0.25) is 9.55 Å². The third-order valence-electron chi connectivity index (χ3n) is 5.61. The van der Waals surface area contributed by atoms with Crippen molar-refractivity contribution in [3.63, 3.8) is 0 Å². The van der Waals surface area contributed by atoms with E-state index >= 15 is 0 Å². The van der Waals surface area contributed by atoms with Gasteiger partial charge < -0.3 is 5.32 Å². The number of benzene rings is 2. The van der Waals surface area contributed by atoms with E-state index in [0.717, 1.165) is 34.2 Å². The summed E-state index contributed by atoms with van der Waals surface area (Å²) >= 11 is 0. The van der Waals surface area contributed by atoms with Gasteiger partial charge in [-0.15, -0.1) is 0 Å². The molecule has 5 rings (SSSR count). The van der Waals surface area contributed by atoms with Crippen LogP contribution in [0.5, 0.6) is 0 Å². The molecule has 3 heterocycles. The first kappa shape index (κ1) is 21.7. The smallest absolute Gasteiger partial charge is 0.381 e. The number of fused-ring (bicyclic) bond motifs is 1. The molecule has 0 radical (unpaired) electrons. The van der Waals surface area contributed by atoms with Gasteiger partial charge in [0.1, 0.15) is 11.5 Å². The Balaban J connectivity index is 1.44. The molecular formula is C25H19F4N5. The van der Waals surface area contributed by atoms with Crippen molar-refractivity contribution in [3.05, 3.63) is 102 Å². The molecule has 3 aromatic heterocycles. The molecule has 0 saturated heterocycles. The largest absolute Gasteiger partial charge is 0.419 e. The first-order valence-electron chi connectivity index (χ1n) is 10.5. The second-order valence-electron chi connectivity index (χ2n) is 7.87. The lowest BCUT2D eigenvalue weighted by Crippen LogP contribution is -2.11. The average Bonchev–Trinajstić information content (AvgIpc) is 3.40. The van der Waals surface area contributed by atoms with Gasteiger partial charge in [-0.25, -0.2) is 8.91 Å². The molecule has 0 spiro atoms. The molecule has 34 heavy (non-hydrogen) atoms. The number of imidazole rings is 1. The molecule has 1 N–H and O–H groups in total. The number of hydrogen-bond donors (Lipinski definition) is 1. The fourth-order valence-corrected chi connectivity index (χ4v) is 3.85. The summed E-state index contributed by atoms with van der Waals surface area (Å²) in [5.74, 6) is -1.26. The van der Waals surface area contributed by atoms with Gasteiger partial charge in [0.05, 0.1) is 16.9 Å². The van der Waals surface area contributed by atoms with Gasteiger partial charge in [0.25, 0.3) is 0 Å². The Morgan fingerprint density at radius 2 is 1.85 bits per heavy atom. The number of nitrogens with one attached hydrogen (secondary N) is 1. The summed E-state index contributed by atoms with van der Waals surface area (Å²) in [6, 6.07) is 14.6. The van der Waals surface area contributed by atoms with Crippen LogP contribution >= 0.6 is 0 Å². The minimum atomic E-state index is -4.74. The Hall–Kier alpha value is -4.14. The van der Waals surface area contributed by atoms with Crippen LogP contribution in [0, 0.1) is 12.7 Å². The summed E-state index contributed by atoms with van der Waals surface area (Å²) < 4.78 is 57.1. The predicted molar refractivity (Wildman–Crippen MR) is 121 cm³/mol. The fourth-order valence-electron chi connectivity index (χ4n) is 3.85. The number of pyridine rings is 1. The quantitative estimate of drug-likeness (QED) is 0.312. The average molecular weight is 465 g/mol. The Kier molecular flexibility index (Phi) is 5.31. The maximum absolute atomic E-state index is 14.4. The van der Waals surface area contributed by atoms with Gasteiger partial charge in [0.2, 0.25) is 0 Å². The zero-order valence-corrected chi connectivity index (χ0v) is 18.0. The van der Waals surface area contributed by atoms with E-state index in [2.05, 4.69) is 15.4 Å². The van der Waals surface area contributed by atoms with Gasteiger partial charge in [-0.05, 0) is 42.8 Å².